The van der Waals surface area contributed by atoms with Gasteiger partial charge in [-0.3, -0.25) is 4.79 Å². The van der Waals surface area contributed by atoms with E-state index in [9.17, 15) is 13.2 Å². The predicted molar refractivity (Wildman–Crippen MR) is 96.7 cm³/mol. The highest BCUT2D eigenvalue weighted by atomic mass is 32.2. The van der Waals surface area contributed by atoms with Crippen molar-refractivity contribution in [2.24, 2.45) is 11.8 Å². The SMILES string of the molecule is CCN(CC)S(=O)(=O)c1ccc(CCNC(=O)C(C)C2CNC2)s1. The Kier molecular flexibility index (Phi) is 6.79. The number of carbonyl (C=O) groups is 1. The second-order valence-electron chi connectivity index (χ2n) is 6.06. The molecule has 0 spiro atoms. The molecule has 8 heteroatoms. The molecule has 1 saturated heterocycles. The summed E-state index contributed by atoms with van der Waals surface area (Å²) in [4.78, 5) is 13.0. The van der Waals surface area contributed by atoms with Crippen LogP contribution >= 0.6 is 11.3 Å². The second-order valence-corrected chi connectivity index (χ2v) is 9.39. The van der Waals surface area contributed by atoms with E-state index in [4.69, 9.17) is 0 Å². The number of nitrogens with zero attached hydrogens (tertiary/aromatic N) is 1. The molecule has 24 heavy (non-hydrogen) atoms. The first-order chi connectivity index (χ1) is 11.4. The molecule has 1 aromatic rings. The molecule has 0 aliphatic carbocycles. The van der Waals surface area contributed by atoms with E-state index in [0.717, 1.165) is 18.0 Å². The monoisotopic (exact) mass is 373 g/mol. The van der Waals surface area contributed by atoms with Crippen molar-refractivity contribution < 1.29 is 13.2 Å². The number of carbonyl (C=O) groups excluding carboxylic acids is 1. The number of sulfonamides is 1. The zero-order valence-corrected chi connectivity index (χ0v) is 16.2. The molecule has 0 aromatic carbocycles. The molecular weight excluding hydrogens is 346 g/mol. The summed E-state index contributed by atoms with van der Waals surface area (Å²) in [6.07, 6.45) is 0.653. The van der Waals surface area contributed by atoms with Gasteiger partial charge in [0.2, 0.25) is 5.91 Å². The summed E-state index contributed by atoms with van der Waals surface area (Å²) in [5, 5.41) is 6.13. The topological polar surface area (TPSA) is 78.5 Å². The molecule has 1 aliphatic rings. The van der Waals surface area contributed by atoms with Crippen LogP contribution in [0, 0.1) is 11.8 Å². The summed E-state index contributed by atoms with van der Waals surface area (Å²) in [7, 11) is -3.38. The summed E-state index contributed by atoms with van der Waals surface area (Å²) >= 11 is 1.29. The smallest absolute Gasteiger partial charge is 0.252 e. The van der Waals surface area contributed by atoms with Gasteiger partial charge in [-0.1, -0.05) is 20.8 Å². The maximum Gasteiger partial charge on any atom is 0.252 e. The van der Waals surface area contributed by atoms with E-state index in [0.29, 0.717) is 36.2 Å². The van der Waals surface area contributed by atoms with Crippen LogP contribution in [0.15, 0.2) is 16.3 Å². The van der Waals surface area contributed by atoms with Crippen molar-refractivity contribution in [1.82, 2.24) is 14.9 Å². The first kappa shape index (κ1) is 19.4. The van der Waals surface area contributed by atoms with Crippen LogP contribution in [0.25, 0.3) is 0 Å². The summed E-state index contributed by atoms with van der Waals surface area (Å²) in [5.74, 6) is 0.528. The van der Waals surface area contributed by atoms with Crippen LogP contribution in [0.2, 0.25) is 0 Å². The molecule has 136 valence electrons. The van der Waals surface area contributed by atoms with Gasteiger partial charge in [0, 0.05) is 30.4 Å². The molecule has 6 nitrogen and oxygen atoms in total. The van der Waals surface area contributed by atoms with Crippen LogP contribution in [0.3, 0.4) is 0 Å². The highest BCUT2D eigenvalue weighted by Gasteiger charge is 2.28. The Morgan fingerprint density at radius 2 is 2.04 bits per heavy atom. The third kappa shape index (κ3) is 4.36. The maximum atomic E-state index is 12.5. The number of amides is 1. The average Bonchev–Trinajstić information content (AvgIpc) is 2.96. The number of nitrogens with one attached hydrogen (secondary N) is 2. The van der Waals surface area contributed by atoms with Crippen molar-refractivity contribution in [3.05, 3.63) is 17.0 Å². The Balaban J connectivity index is 1.86. The summed E-state index contributed by atoms with van der Waals surface area (Å²) in [6.45, 7) is 8.92. The van der Waals surface area contributed by atoms with Gasteiger partial charge in [0.05, 0.1) is 0 Å². The number of hydrogen-bond acceptors (Lipinski definition) is 5. The van der Waals surface area contributed by atoms with Crippen LogP contribution in [0.5, 0.6) is 0 Å². The standard InChI is InChI=1S/C16H27N3O3S2/c1-4-19(5-2)24(21,22)15-7-6-14(23-15)8-9-18-16(20)12(3)13-10-17-11-13/h6-7,12-13,17H,4-5,8-11H2,1-3H3,(H,18,20). The van der Waals surface area contributed by atoms with E-state index < -0.39 is 10.0 Å². The zero-order chi connectivity index (χ0) is 17.7. The van der Waals surface area contributed by atoms with E-state index in [1.54, 1.807) is 6.07 Å². The molecule has 2 N–H and O–H groups in total. The number of hydrogen-bond donors (Lipinski definition) is 2. The third-order valence-corrected chi connectivity index (χ3v) is 8.20. The molecule has 0 saturated carbocycles. The molecule has 1 aliphatic heterocycles. The molecule has 1 amide bonds. The van der Waals surface area contributed by atoms with Crippen molar-refractivity contribution >= 4 is 27.3 Å². The van der Waals surface area contributed by atoms with Gasteiger partial charge < -0.3 is 10.6 Å². The van der Waals surface area contributed by atoms with E-state index in [1.807, 2.05) is 26.8 Å². The Hall–Kier alpha value is -0.960. The Labute approximate surface area is 148 Å². The Morgan fingerprint density at radius 3 is 2.58 bits per heavy atom. The third-order valence-electron chi connectivity index (χ3n) is 4.54. The van der Waals surface area contributed by atoms with Crippen molar-refractivity contribution in [1.29, 1.82) is 0 Å². The van der Waals surface area contributed by atoms with Crippen LogP contribution in [-0.4, -0.2) is 51.4 Å². The first-order valence-electron chi connectivity index (χ1n) is 8.47. The molecule has 1 unspecified atom stereocenters. The van der Waals surface area contributed by atoms with Gasteiger partial charge in [-0.05, 0) is 37.6 Å². The van der Waals surface area contributed by atoms with Crippen LogP contribution in [-0.2, 0) is 21.2 Å². The molecule has 1 aromatic heterocycles. The van der Waals surface area contributed by atoms with Crippen LogP contribution in [0.4, 0.5) is 0 Å². The van der Waals surface area contributed by atoms with Crippen molar-refractivity contribution in [2.75, 3.05) is 32.7 Å². The molecule has 2 rings (SSSR count). The van der Waals surface area contributed by atoms with E-state index >= 15 is 0 Å². The first-order valence-corrected chi connectivity index (χ1v) is 10.7. The van der Waals surface area contributed by atoms with Gasteiger partial charge in [0.15, 0.2) is 0 Å². The van der Waals surface area contributed by atoms with Crippen molar-refractivity contribution in [3.8, 4) is 0 Å². The lowest BCUT2D eigenvalue weighted by atomic mass is 9.88. The minimum absolute atomic E-state index is 0.0215. The summed E-state index contributed by atoms with van der Waals surface area (Å²) in [5.41, 5.74) is 0. The van der Waals surface area contributed by atoms with Gasteiger partial charge in [0.25, 0.3) is 10.0 Å². The quantitative estimate of drug-likeness (QED) is 0.684. The fraction of sp³-hybridized carbons (Fsp3) is 0.688. The summed E-state index contributed by atoms with van der Waals surface area (Å²) < 4.78 is 26.7. The summed E-state index contributed by atoms with van der Waals surface area (Å²) in [6, 6.07) is 3.50. The van der Waals surface area contributed by atoms with Gasteiger partial charge in [0.1, 0.15) is 4.21 Å². The van der Waals surface area contributed by atoms with E-state index in [1.165, 1.54) is 15.6 Å². The highest BCUT2D eigenvalue weighted by molar-refractivity contribution is 7.91. The molecule has 0 bridgehead atoms. The lowest BCUT2D eigenvalue weighted by Crippen LogP contribution is -2.49. The Bertz CT molecular complexity index is 649. The molecular formula is C16H27N3O3S2. The van der Waals surface area contributed by atoms with Gasteiger partial charge in [-0.2, -0.15) is 4.31 Å². The average molecular weight is 374 g/mol. The largest absolute Gasteiger partial charge is 0.355 e. The minimum Gasteiger partial charge on any atom is -0.355 e. The molecule has 0 radical (unpaired) electrons. The molecule has 1 atom stereocenters. The molecule has 1 fully saturated rings. The molecule has 2 heterocycles. The number of thiophene rings is 1. The maximum absolute atomic E-state index is 12.5. The number of rotatable bonds is 9. The van der Waals surface area contributed by atoms with Gasteiger partial charge >= 0.3 is 0 Å². The van der Waals surface area contributed by atoms with Gasteiger partial charge in [-0.15, -0.1) is 11.3 Å². The van der Waals surface area contributed by atoms with Crippen LogP contribution < -0.4 is 10.6 Å². The Morgan fingerprint density at radius 1 is 1.38 bits per heavy atom. The van der Waals surface area contributed by atoms with Crippen molar-refractivity contribution in [2.45, 2.75) is 31.4 Å². The van der Waals surface area contributed by atoms with E-state index in [-0.39, 0.29) is 11.8 Å². The fourth-order valence-corrected chi connectivity index (χ4v) is 5.64. The van der Waals surface area contributed by atoms with Gasteiger partial charge in [-0.25, -0.2) is 8.42 Å². The lowest BCUT2D eigenvalue weighted by Gasteiger charge is -2.31. The predicted octanol–water partition coefficient (Wildman–Crippen LogP) is 1.29. The highest BCUT2D eigenvalue weighted by Crippen LogP contribution is 2.25. The normalized spacial score (nSPS) is 16.8. The second kappa shape index (κ2) is 8.42. The fourth-order valence-electron chi connectivity index (χ4n) is 2.67. The van der Waals surface area contributed by atoms with E-state index in [2.05, 4.69) is 10.6 Å². The minimum atomic E-state index is -3.38. The lowest BCUT2D eigenvalue weighted by molar-refractivity contribution is -0.126. The van der Waals surface area contributed by atoms with Crippen molar-refractivity contribution in [3.63, 3.8) is 0 Å². The zero-order valence-electron chi connectivity index (χ0n) is 14.5. The van der Waals surface area contributed by atoms with Crippen LogP contribution in [0.1, 0.15) is 25.6 Å².